The molecule has 1 fully saturated rings. The normalized spacial score (nSPS) is 17.5. The third kappa shape index (κ3) is 6.88. The summed E-state index contributed by atoms with van der Waals surface area (Å²) in [5.41, 5.74) is 8.04. The second kappa shape index (κ2) is 11.6. The molecule has 0 aromatic heterocycles. The van der Waals surface area contributed by atoms with Gasteiger partial charge in [-0.25, -0.2) is 0 Å². The van der Waals surface area contributed by atoms with Crippen molar-refractivity contribution in [3.63, 3.8) is 0 Å². The highest BCUT2D eigenvalue weighted by Gasteiger charge is 2.17. The van der Waals surface area contributed by atoms with Crippen LogP contribution in [0, 0.1) is 6.92 Å². The van der Waals surface area contributed by atoms with E-state index in [-0.39, 0.29) is 30.7 Å². The molecule has 1 aromatic rings. The van der Waals surface area contributed by atoms with Gasteiger partial charge in [0.15, 0.2) is 0 Å². The summed E-state index contributed by atoms with van der Waals surface area (Å²) < 4.78 is 0. The van der Waals surface area contributed by atoms with Crippen LogP contribution in [0.5, 0.6) is 0 Å². The van der Waals surface area contributed by atoms with E-state index in [2.05, 4.69) is 17.1 Å². The number of unbranched alkanes of at least 4 members (excludes halogenated alkanes) is 1. The van der Waals surface area contributed by atoms with Gasteiger partial charge in [-0.1, -0.05) is 12.5 Å². The quantitative estimate of drug-likeness (QED) is 0.586. The van der Waals surface area contributed by atoms with Crippen LogP contribution >= 0.6 is 24.8 Å². The van der Waals surface area contributed by atoms with Crippen molar-refractivity contribution in [2.45, 2.75) is 52.0 Å². The summed E-state index contributed by atoms with van der Waals surface area (Å²) in [4.78, 5) is 14.7. The zero-order valence-corrected chi connectivity index (χ0v) is 16.3. The molecule has 1 aromatic carbocycles. The number of nitrogens with two attached hydrogens (primary N) is 1. The standard InChI is InChI=1S/C18H29N3O.2ClH/c1-14-8-9-16(19)13-17(14)18(22)20-10-4-6-12-21-11-5-3-7-15(21)2;;/h8-9,13,15H,3-7,10-12,19H2,1-2H3,(H,20,22);2*1H. The fourth-order valence-corrected chi connectivity index (χ4v) is 3.11. The van der Waals surface area contributed by atoms with Crippen molar-refractivity contribution in [1.82, 2.24) is 10.2 Å². The van der Waals surface area contributed by atoms with E-state index in [4.69, 9.17) is 5.73 Å². The van der Waals surface area contributed by atoms with E-state index in [1.54, 1.807) is 6.07 Å². The molecule has 1 heterocycles. The molecule has 0 bridgehead atoms. The predicted octanol–water partition coefficient (Wildman–Crippen LogP) is 3.81. The van der Waals surface area contributed by atoms with Gasteiger partial charge < -0.3 is 16.0 Å². The summed E-state index contributed by atoms with van der Waals surface area (Å²) in [6.45, 7) is 7.37. The maximum absolute atomic E-state index is 12.2. The van der Waals surface area contributed by atoms with E-state index < -0.39 is 0 Å². The smallest absolute Gasteiger partial charge is 0.251 e. The molecule has 1 saturated heterocycles. The van der Waals surface area contributed by atoms with Crippen LogP contribution in [0.3, 0.4) is 0 Å². The molecule has 1 aliphatic rings. The molecule has 3 N–H and O–H groups in total. The van der Waals surface area contributed by atoms with Gasteiger partial charge in [0.2, 0.25) is 0 Å². The molecular formula is C18H31Cl2N3O. The lowest BCUT2D eigenvalue weighted by Gasteiger charge is -2.33. The van der Waals surface area contributed by atoms with Gasteiger partial charge in [0.25, 0.3) is 5.91 Å². The SMILES string of the molecule is Cc1ccc(N)cc1C(=O)NCCCCN1CCCCC1C.Cl.Cl. The van der Waals surface area contributed by atoms with Crippen LogP contribution in [0.15, 0.2) is 18.2 Å². The highest BCUT2D eigenvalue weighted by molar-refractivity contribution is 5.96. The van der Waals surface area contributed by atoms with Crippen LogP contribution in [0.25, 0.3) is 0 Å². The number of nitrogens with zero attached hydrogens (tertiary/aromatic N) is 1. The molecule has 4 nitrogen and oxygen atoms in total. The molecule has 0 aliphatic carbocycles. The summed E-state index contributed by atoms with van der Waals surface area (Å²) in [5, 5.41) is 3.00. The monoisotopic (exact) mass is 375 g/mol. The predicted molar refractivity (Wildman–Crippen MR) is 107 cm³/mol. The van der Waals surface area contributed by atoms with Crippen molar-refractivity contribution in [2.75, 3.05) is 25.4 Å². The molecule has 0 spiro atoms. The van der Waals surface area contributed by atoms with Crippen LogP contribution in [0.4, 0.5) is 5.69 Å². The second-order valence-electron chi connectivity index (χ2n) is 6.42. The molecular weight excluding hydrogens is 345 g/mol. The van der Waals surface area contributed by atoms with Gasteiger partial charge in [0.1, 0.15) is 0 Å². The topological polar surface area (TPSA) is 58.4 Å². The Hall–Kier alpha value is -0.970. The average Bonchev–Trinajstić information content (AvgIpc) is 2.51. The van der Waals surface area contributed by atoms with Crippen LogP contribution < -0.4 is 11.1 Å². The number of halogens is 2. The molecule has 1 atom stereocenters. The number of likely N-dealkylation sites (tertiary alicyclic amines) is 1. The first kappa shape index (κ1) is 23.0. The van der Waals surface area contributed by atoms with E-state index in [9.17, 15) is 4.79 Å². The highest BCUT2D eigenvalue weighted by Crippen LogP contribution is 2.16. The third-order valence-electron chi connectivity index (χ3n) is 4.60. The summed E-state index contributed by atoms with van der Waals surface area (Å²) in [7, 11) is 0. The first-order valence-electron chi connectivity index (χ1n) is 8.46. The molecule has 0 saturated carbocycles. The van der Waals surface area contributed by atoms with E-state index in [1.165, 1.54) is 25.8 Å². The Morgan fingerprint density at radius 2 is 2.04 bits per heavy atom. The number of carbonyl (C=O) groups excluding carboxylic acids is 1. The molecule has 1 amide bonds. The van der Waals surface area contributed by atoms with Gasteiger partial charge in [0, 0.05) is 23.8 Å². The maximum Gasteiger partial charge on any atom is 0.251 e. The van der Waals surface area contributed by atoms with Gasteiger partial charge in [-0.15, -0.1) is 24.8 Å². The first-order valence-corrected chi connectivity index (χ1v) is 8.46. The number of benzene rings is 1. The summed E-state index contributed by atoms with van der Waals surface area (Å²) in [6.07, 6.45) is 6.19. The number of amides is 1. The van der Waals surface area contributed by atoms with E-state index in [0.717, 1.165) is 37.5 Å². The largest absolute Gasteiger partial charge is 0.399 e. The minimum absolute atomic E-state index is 0. The maximum atomic E-state index is 12.2. The van der Waals surface area contributed by atoms with Gasteiger partial charge >= 0.3 is 0 Å². The van der Waals surface area contributed by atoms with Crippen LogP contribution in [-0.2, 0) is 0 Å². The number of carbonyl (C=O) groups is 1. The number of nitrogens with one attached hydrogen (secondary N) is 1. The zero-order chi connectivity index (χ0) is 15.9. The van der Waals surface area contributed by atoms with Crippen molar-refractivity contribution in [1.29, 1.82) is 0 Å². The fourth-order valence-electron chi connectivity index (χ4n) is 3.11. The fraction of sp³-hybridized carbons (Fsp3) is 0.611. The molecule has 2 rings (SSSR count). The minimum Gasteiger partial charge on any atom is -0.399 e. The van der Waals surface area contributed by atoms with Gasteiger partial charge in [-0.2, -0.15) is 0 Å². The van der Waals surface area contributed by atoms with Crippen LogP contribution in [0.2, 0.25) is 0 Å². The van der Waals surface area contributed by atoms with Crippen LogP contribution in [-0.4, -0.2) is 36.5 Å². The Bertz CT molecular complexity index is 511. The summed E-state index contributed by atoms with van der Waals surface area (Å²) in [5.74, 6) is -0.0175. The van der Waals surface area contributed by atoms with E-state index in [0.29, 0.717) is 11.3 Å². The average molecular weight is 376 g/mol. The first-order chi connectivity index (χ1) is 10.6. The van der Waals surface area contributed by atoms with Crippen molar-refractivity contribution >= 4 is 36.4 Å². The Morgan fingerprint density at radius 1 is 1.29 bits per heavy atom. The zero-order valence-electron chi connectivity index (χ0n) is 14.7. The van der Waals surface area contributed by atoms with Crippen molar-refractivity contribution in [3.05, 3.63) is 29.3 Å². The number of hydrogen-bond donors (Lipinski definition) is 2. The number of hydrogen-bond acceptors (Lipinski definition) is 3. The number of nitrogen functional groups attached to an aromatic ring is 1. The summed E-state index contributed by atoms with van der Waals surface area (Å²) >= 11 is 0. The second-order valence-corrected chi connectivity index (χ2v) is 6.42. The van der Waals surface area contributed by atoms with Crippen LogP contribution in [0.1, 0.15) is 54.9 Å². The molecule has 1 aliphatic heterocycles. The number of rotatable bonds is 6. The van der Waals surface area contributed by atoms with Gasteiger partial charge in [-0.05, 0) is 70.3 Å². The lowest BCUT2D eigenvalue weighted by atomic mass is 10.0. The van der Waals surface area contributed by atoms with Gasteiger partial charge in [0.05, 0.1) is 0 Å². The molecule has 24 heavy (non-hydrogen) atoms. The van der Waals surface area contributed by atoms with Gasteiger partial charge in [-0.3, -0.25) is 4.79 Å². The highest BCUT2D eigenvalue weighted by atomic mass is 35.5. The lowest BCUT2D eigenvalue weighted by Crippen LogP contribution is -2.38. The molecule has 6 heteroatoms. The Morgan fingerprint density at radius 3 is 2.75 bits per heavy atom. The van der Waals surface area contributed by atoms with Crippen molar-refractivity contribution in [3.8, 4) is 0 Å². The van der Waals surface area contributed by atoms with E-state index in [1.807, 2.05) is 19.1 Å². The van der Waals surface area contributed by atoms with Crippen molar-refractivity contribution < 1.29 is 4.79 Å². The lowest BCUT2D eigenvalue weighted by molar-refractivity contribution is 0.0951. The Balaban J connectivity index is 0.00000264. The molecule has 138 valence electrons. The number of anilines is 1. The summed E-state index contributed by atoms with van der Waals surface area (Å²) in [6, 6.07) is 6.19. The Labute approximate surface area is 158 Å². The minimum atomic E-state index is -0.0175. The van der Waals surface area contributed by atoms with E-state index >= 15 is 0 Å². The molecule has 1 unspecified atom stereocenters. The number of piperidine rings is 1. The number of aryl methyl sites for hydroxylation is 1. The molecule has 0 radical (unpaired) electrons. The van der Waals surface area contributed by atoms with Crippen molar-refractivity contribution in [2.24, 2.45) is 0 Å². The third-order valence-corrected chi connectivity index (χ3v) is 4.60. The Kier molecular flexibility index (Phi) is 11.1.